The third kappa shape index (κ3) is 4.22. The van der Waals surface area contributed by atoms with Crippen molar-refractivity contribution in [2.45, 2.75) is 49.9 Å². The average Bonchev–Trinajstić information content (AvgIpc) is 2.15. The van der Waals surface area contributed by atoms with Gasteiger partial charge < -0.3 is 5.11 Å². The number of aliphatic hydroxyl groups excluding tert-OH is 1. The second kappa shape index (κ2) is 4.99. The molecule has 0 aliphatic carbocycles. The van der Waals surface area contributed by atoms with E-state index in [4.69, 9.17) is 0 Å². The van der Waals surface area contributed by atoms with Crippen LogP contribution < -0.4 is 0 Å². The van der Waals surface area contributed by atoms with Gasteiger partial charge in [-0.05, 0) is 18.6 Å². The van der Waals surface area contributed by atoms with Crippen molar-refractivity contribution in [2.75, 3.05) is 0 Å². The summed E-state index contributed by atoms with van der Waals surface area (Å²) in [7, 11) is 0. The number of hydrogen-bond donors (Lipinski definition) is 1. The molecule has 0 aromatic carbocycles. The number of aliphatic hydroxyl groups is 1. The molecular weight excluding hydrogens is 206 g/mol. The summed E-state index contributed by atoms with van der Waals surface area (Å²) in [6, 6.07) is 3.93. The molecule has 0 unspecified atom stereocenters. The minimum Gasteiger partial charge on any atom is -0.387 e. The molecule has 0 spiro atoms. The lowest BCUT2D eigenvalue weighted by molar-refractivity contribution is 0.169. The topological polar surface area (TPSA) is 33.1 Å². The zero-order valence-electron chi connectivity index (χ0n) is 9.82. The maximum absolute atomic E-state index is 9.58. The zero-order chi connectivity index (χ0) is 11.5. The van der Waals surface area contributed by atoms with Crippen LogP contribution in [0.5, 0.6) is 0 Å². The minimum atomic E-state index is -0.432. The Labute approximate surface area is 96.1 Å². The van der Waals surface area contributed by atoms with E-state index in [2.05, 4.69) is 25.8 Å². The molecule has 0 aliphatic rings. The van der Waals surface area contributed by atoms with Gasteiger partial charge in [0.2, 0.25) is 0 Å². The predicted molar refractivity (Wildman–Crippen MR) is 65.1 cm³/mol. The highest BCUT2D eigenvalue weighted by atomic mass is 32.2. The zero-order valence-corrected chi connectivity index (χ0v) is 10.6. The molecule has 84 valence electrons. The summed E-state index contributed by atoms with van der Waals surface area (Å²) < 4.78 is 0.201. The highest BCUT2D eigenvalue weighted by molar-refractivity contribution is 8.00. The van der Waals surface area contributed by atoms with Gasteiger partial charge in [-0.3, -0.25) is 4.98 Å². The second-order valence-corrected chi connectivity index (χ2v) is 6.46. The van der Waals surface area contributed by atoms with E-state index >= 15 is 0 Å². The molecule has 2 nitrogen and oxygen atoms in total. The van der Waals surface area contributed by atoms with E-state index in [0.717, 1.165) is 10.6 Å². The van der Waals surface area contributed by atoms with E-state index in [1.165, 1.54) is 0 Å². The predicted octanol–water partition coefficient (Wildman–Crippen LogP) is 3.42. The first-order chi connectivity index (χ1) is 6.92. The molecule has 1 aromatic heterocycles. The number of nitrogens with zero attached hydrogens (tertiary/aromatic N) is 1. The Morgan fingerprint density at radius 3 is 2.47 bits per heavy atom. The Kier molecular flexibility index (Phi) is 4.17. The quantitative estimate of drug-likeness (QED) is 0.800. The Hall–Kier alpha value is -0.540. The van der Waals surface area contributed by atoms with Crippen LogP contribution in [-0.4, -0.2) is 14.8 Å². The molecule has 0 saturated heterocycles. The fourth-order valence-corrected chi connectivity index (χ4v) is 2.16. The average molecular weight is 225 g/mol. The largest absolute Gasteiger partial charge is 0.387 e. The second-order valence-electron chi connectivity index (χ2n) is 4.56. The fourth-order valence-electron chi connectivity index (χ4n) is 1.21. The monoisotopic (exact) mass is 225 g/mol. The summed E-state index contributed by atoms with van der Waals surface area (Å²) in [6.45, 7) is 8.47. The highest BCUT2D eigenvalue weighted by Crippen LogP contribution is 2.31. The summed E-state index contributed by atoms with van der Waals surface area (Å²) in [5.41, 5.74) is 0.760. The standard InChI is InChI=1S/C12H19NOS/c1-5-11(14)10-7-6-9(8-13-10)15-12(2,3)4/h6-8,11,14H,5H2,1-4H3/t11-/m0/s1. The van der Waals surface area contributed by atoms with Crippen LogP contribution in [0, 0.1) is 0 Å². The lowest BCUT2D eigenvalue weighted by atomic mass is 10.2. The fraction of sp³-hybridized carbons (Fsp3) is 0.583. The van der Waals surface area contributed by atoms with Crippen LogP contribution in [0.4, 0.5) is 0 Å². The van der Waals surface area contributed by atoms with Crippen molar-refractivity contribution in [3.8, 4) is 0 Å². The van der Waals surface area contributed by atoms with Gasteiger partial charge in [0.1, 0.15) is 0 Å². The van der Waals surface area contributed by atoms with Crippen LogP contribution in [0.15, 0.2) is 23.2 Å². The van der Waals surface area contributed by atoms with Gasteiger partial charge in [-0.2, -0.15) is 0 Å². The number of thioether (sulfide) groups is 1. The summed E-state index contributed by atoms with van der Waals surface area (Å²) in [5.74, 6) is 0. The third-order valence-corrected chi connectivity index (χ3v) is 3.00. The van der Waals surface area contributed by atoms with Crippen LogP contribution in [0.3, 0.4) is 0 Å². The van der Waals surface area contributed by atoms with E-state index in [1.807, 2.05) is 25.3 Å². The number of hydrogen-bond acceptors (Lipinski definition) is 3. The summed E-state index contributed by atoms with van der Waals surface area (Å²) in [6.07, 6.45) is 2.11. The lowest BCUT2D eigenvalue weighted by Crippen LogP contribution is -2.07. The molecule has 1 atom stereocenters. The van der Waals surface area contributed by atoms with Gasteiger partial charge in [-0.15, -0.1) is 11.8 Å². The highest BCUT2D eigenvalue weighted by Gasteiger charge is 2.13. The number of rotatable bonds is 3. The van der Waals surface area contributed by atoms with Crippen molar-refractivity contribution < 1.29 is 5.11 Å². The van der Waals surface area contributed by atoms with Crippen LogP contribution in [0.2, 0.25) is 0 Å². The van der Waals surface area contributed by atoms with Crippen LogP contribution in [-0.2, 0) is 0 Å². The van der Waals surface area contributed by atoms with Gasteiger partial charge in [0.05, 0.1) is 11.8 Å². The van der Waals surface area contributed by atoms with E-state index in [9.17, 15) is 5.11 Å². The molecule has 15 heavy (non-hydrogen) atoms. The van der Waals surface area contributed by atoms with Crippen molar-refractivity contribution in [1.82, 2.24) is 4.98 Å². The normalized spacial score (nSPS) is 13.9. The van der Waals surface area contributed by atoms with Crippen molar-refractivity contribution in [3.05, 3.63) is 24.0 Å². The maximum atomic E-state index is 9.58. The molecular formula is C12H19NOS. The SMILES string of the molecule is CC[C@H](O)c1ccc(SC(C)(C)C)cn1. The van der Waals surface area contributed by atoms with E-state index in [1.54, 1.807) is 11.8 Å². The van der Waals surface area contributed by atoms with Gasteiger partial charge in [0.15, 0.2) is 0 Å². The molecule has 0 radical (unpaired) electrons. The van der Waals surface area contributed by atoms with Crippen molar-refractivity contribution in [1.29, 1.82) is 0 Å². The van der Waals surface area contributed by atoms with Crippen LogP contribution >= 0.6 is 11.8 Å². The Bertz CT molecular complexity index is 302. The number of aromatic nitrogens is 1. The molecule has 0 fully saturated rings. The van der Waals surface area contributed by atoms with Crippen molar-refractivity contribution >= 4 is 11.8 Å². The van der Waals surface area contributed by atoms with Crippen molar-refractivity contribution in [3.63, 3.8) is 0 Å². The van der Waals surface area contributed by atoms with E-state index in [0.29, 0.717) is 6.42 Å². The first kappa shape index (κ1) is 12.5. The molecule has 1 aromatic rings. The van der Waals surface area contributed by atoms with Gasteiger partial charge in [0.25, 0.3) is 0 Å². The first-order valence-electron chi connectivity index (χ1n) is 5.25. The van der Waals surface area contributed by atoms with Gasteiger partial charge in [0, 0.05) is 15.8 Å². The van der Waals surface area contributed by atoms with E-state index in [-0.39, 0.29) is 4.75 Å². The minimum absolute atomic E-state index is 0.201. The molecule has 1 heterocycles. The van der Waals surface area contributed by atoms with E-state index < -0.39 is 6.10 Å². The van der Waals surface area contributed by atoms with Crippen LogP contribution in [0.1, 0.15) is 45.9 Å². The Morgan fingerprint density at radius 2 is 2.07 bits per heavy atom. The number of pyridine rings is 1. The third-order valence-electron chi connectivity index (χ3n) is 1.91. The summed E-state index contributed by atoms with van der Waals surface area (Å²) in [4.78, 5) is 5.41. The van der Waals surface area contributed by atoms with Gasteiger partial charge >= 0.3 is 0 Å². The molecule has 1 rings (SSSR count). The van der Waals surface area contributed by atoms with Gasteiger partial charge in [-0.1, -0.05) is 27.7 Å². The lowest BCUT2D eigenvalue weighted by Gasteiger charge is -2.17. The van der Waals surface area contributed by atoms with Gasteiger partial charge in [-0.25, -0.2) is 0 Å². The van der Waals surface area contributed by atoms with Crippen molar-refractivity contribution in [2.24, 2.45) is 0 Å². The Morgan fingerprint density at radius 1 is 1.40 bits per heavy atom. The maximum Gasteiger partial charge on any atom is 0.0957 e. The molecule has 3 heteroatoms. The summed E-state index contributed by atoms with van der Waals surface area (Å²) in [5, 5.41) is 9.58. The van der Waals surface area contributed by atoms with Crippen LogP contribution in [0.25, 0.3) is 0 Å². The molecule has 0 saturated carbocycles. The molecule has 0 amide bonds. The first-order valence-corrected chi connectivity index (χ1v) is 6.07. The molecule has 0 aliphatic heterocycles. The summed E-state index contributed by atoms with van der Waals surface area (Å²) >= 11 is 1.78. The molecule has 1 N–H and O–H groups in total. The smallest absolute Gasteiger partial charge is 0.0957 e. The molecule has 0 bridgehead atoms. The Balaban J connectivity index is 2.72.